The van der Waals surface area contributed by atoms with Crippen molar-refractivity contribution in [1.29, 1.82) is 0 Å². The molecule has 2 N–H and O–H groups in total. The molecule has 0 aliphatic carbocycles. The predicted octanol–water partition coefficient (Wildman–Crippen LogP) is 7.64. The molecular weight excluding hydrogens is 676 g/mol. The molecule has 2 aromatic carbocycles. The Morgan fingerprint density at radius 2 is 1.71 bits per heavy atom. The molecule has 5 rings (SSSR count). The number of hydrogen-bond acceptors (Lipinski definition) is 4. The number of alkyl halides is 4. The van der Waals surface area contributed by atoms with Crippen molar-refractivity contribution >= 4 is 11.9 Å². The predicted molar refractivity (Wildman–Crippen MR) is 180 cm³/mol. The lowest BCUT2D eigenvalue weighted by molar-refractivity contribution is -0.139. The number of hydrogen-bond donors (Lipinski definition) is 2. The summed E-state index contributed by atoms with van der Waals surface area (Å²) >= 11 is 0. The number of pyridine rings is 1. The van der Waals surface area contributed by atoms with Gasteiger partial charge in [-0.25, -0.2) is 13.2 Å². The Morgan fingerprint density at radius 3 is 2.37 bits per heavy atom. The van der Waals surface area contributed by atoms with Crippen molar-refractivity contribution in [2.75, 3.05) is 19.6 Å². The van der Waals surface area contributed by atoms with Gasteiger partial charge in [-0.05, 0) is 110 Å². The lowest BCUT2D eigenvalue weighted by Crippen LogP contribution is -2.49. The van der Waals surface area contributed by atoms with Gasteiger partial charge >= 0.3 is 12.1 Å². The SMILES string of the molecule is Cc1cc2cc(c1F)[C@H](CC(=O)O)NC(=O)[C@@H](n1cc(CCN3CC(F)C3)c(C(F)(F)F)cc1=O)CCC(C)CCCCc1cc(F)cc(C)c1-2. The molecule has 0 saturated carbocycles. The zero-order valence-electron chi connectivity index (χ0n) is 28.9. The highest BCUT2D eigenvalue weighted by Gasteiger charge is 2.37. The van der Waals surface area contributed by atoms with Crippen LogP contribution < -0.4 is 10.9 Å². The Balaban J connectivity index is 1.61. The Hall–Kier alpha value is -4.13. The minimum absolute atomic E-state index is 0.0225. The second kappa shape index (κ2) is 15.6. The molecule has 3 heterocycles. The molecule has 276 valence electrons. The number of aryl methyl sites for hydroxylation is 3. The highest BCUT2D eigenvalue weighted by molar-refractivity contribution is 5.82. The first-order chi connectivity index (χ1) is 24.0. The van der Waals surface area contributed by atoms with Crippen LogP contribution in [0.25, 0.3) is 11.1 Å². The van der Waals surface area contributed by atoms with Crippen LogP contribution in [0.5, 0.6) is 0 Å². The van der Waals surface area contributed by atoms with E-state index < -0.39 is 65.5 Å². The van der Waals surface area contributed by atoms with E-state index in [1.54, 1.807) is 17.9 Å². The highest BCUT2D eigenvalue weighted by atomic mass is 19.4. The quantitative estimate of drug-likeness (QED) is 0.256. The molecule has 13 heteroatoms. The van der Waals surface area contributed by atoms with Crippen LogP contribution in [0.3, 0.4) is 0 Å². The standard InChI is InChI=1S/C38H43F6N3O4/c1-21-6-4-5-7-24-14-27(39)13-22(2)35(24)26-12-23(3)36(41)29(15-26)31(17-34(49)50)45-37(51)32(9-8-21)47-18-25(10-11-46-19-28(40)20-46)30(16-33(47)48)38(42,43)44/h12-16,18,21,28,31-32H,4-11,17,19-20H2,1-3H3,(H,45,51)(H,49,50)/t21?,31-,32-/m0/s1. The van der Waals surface area contributed by atoms with E-state index in [0.717, 1.165) is 29.2 Å². The van der Waals surface area contributed by atoms with E-state index in [9.17, 15) is 41.4 Å². The summed E-state index contributed by atoms with van der Waals surface area (Å²) in [4.78, 5) is 41.3. The van der Waals surface area contributed by atoms with Gasteiger partial charge in [0.05, 0.1) is 18.0 Å². The van der Waals surface area contributed by atoms with E-state index in [1.165, 1.54) is 25.1 Å². The Morgan fingerprint density at radius 1 is 0.980 bits per heavy atom. The lowest BCUT2D eigenvalue weighted by Gasteiger charge is -2.34. The van der Waals surface area contributed by atoms with E-state index in [1.807, 2.05) is 6.92 Å². The minimum Gasteiger partial charge on any atom is -0.481 e. The molecule has 1 fully saturated rings. The van der Waals surface area contributed by atoms with E-state index in [0.29, 0.717) is 42.0 Å². The first-order valence-corrected chi connectivity index (χ1v) is 17.3. The third kappa shape index (κ3) is 9.03. The zero-order chi connectivity index (χ0) is 37.2. The van der Waals surface area contributed by atoms with Crippen LogP contribution in [0, 0.1) is 31.4 Å². The van der Waals surface area contributed by atoms with E-state index >= 15 is 4.39 Å². The number of nitrogens with zero attached hydrogens (tertiary/aromatic N) is 2. The summed E-state index contributed by atoms with van der Waals surface area (Å²) in [5, 5.41) is 12.5. The minimum atomic E-state index is -4.86. The smallest absolute Gasteiger partial charge is 0.416 e. The number of amides is 1. The van der Waals surface area contributed by atoms with Gasteiger partial charge in [-0.2, -0.15) is 13.2 Å². The van der Waals surface area contributed by atoms with Crippen LogP contribution in [0.15, 0.2) is 41.3 Å². The van der Waals surface area contributed by atoms with Gasteiger partial charge in [0, 0.05) is 37.5 Å². The van der Waals surface area contributed by atoms with Crippen molar-refractivity contribution in [2.24, 2.45) is 5.92 Å². The summed E-state index contributed by atoms with van der Waals surface area (Å²) in [6.45, 7) is 5.49. The van der Waals surface area contributed by atoms with E-state index in [2.05, 4.69) is 5.32 Å². The summed E-state index contributed by atoms with van der Waals surface area (Å²) in [6.07, 6.45) is -2.66. The second-order valence-corrected chi connectivity index (χ2v) is 14.1. The molecule has 7 nitrogen and oxygen atoms in total. The number of aliphatic carboxylic acids is 1. The molecule has 1 unspecified atom stereocenters. The maximum atomic E-state index is 15.9. The monoisotopic (exact) mass is 719 g/mol. The van der Waals surface area contributed by atoms with Crippen molar-refractivity contribution in [2.45, 2.75) is 96.6 Å². The van der Waals surface area contributed by atoms with Crippen molar-refractivity contribution in [3.8, 4) is 11.1 Å². The number of likely N-dealkylation sites (tertiary alicyclic amines) is 1. The molecule has 0 spiro atoms. The maximum Gasteiger partial charge on any atom is 0.416 e. The van der Waals surface area contributed by atoms with Gasteiger partial charge in [-0.1, -0.05) is 19.8 Å². The number of aromatic nitrogens is 1. The van der Waals surface area contributed by atoms with Gasteiger partial charge in [0.25, 0.3) is 5.56 Å². The summed E-state index contributed by atoms with van der Waals surface area (Å²) in [5.74, 6) is -3.35. The fraction of sp³-hybridized carbons (Fsp3) is 0.500. The fourth-order valence-electron chi connectivity index (χ4n) is 7.36. The van der Waals surface area contributed by atoms with Crippen LogP contribution in [0.2, 0.25) is 0 Å². The van der Waals surface area contributed by atoms with Crippen molar-refractivity contribution < 1.29 is 41.0 Å². The summed E-state index contributed by atoms with van der Waals surface area (Å²) in [5.41, 5.74) is 0.112. The van der Waals surface area contributed by atoms with Gasteiger partial charge in [0.15, 0.2) is 0 Å². The number of nitrogens with one attached hydrogen (secondary N) is 1. The summed E-state index contributed by atoms with van der Waals surface area (Å²) < 4.78 is 87.3. The number of carboxylic acid groups (broad SMARTS) is 1. The molecule has 2 bridgehead atoms. The molecule has 2 aliphatic rings. The first kappa shape index (κ1) is 38.1. The molecule has 1 saturated heterocycles. The average Bonchev–Trinajstić information content (AvgIpc) is 3.01. The normalized spacial score (nSPS) is 21.1. The summed E-state index contributed by atoms with van der Waals surface area (Å²) in [6, 6.07) is 3.56. The Labute approximate surface area is 292 Å². The number of halogens is 6. The van der Waals surface area contributed by atoms with Crippen LogP contribution in [0.4, 0.5) is 26.3 Å². The molecule has 3 atom stereocenters. The van der Waals surface area contributed by atoms with Gasteiger partial charge in [0.1, 0.15) is 23.8 Å². The Kier molecular flexibility index (Phi) is 11.7. The molecule has 2 aliphatic heterocycles. The van der Waals surface area contributed by atoms with Crippen molar-refractivity contribution in [3.05, 3.63) is 91.9 Å². The molecular formula is C38H43F6N3O4. The van der Waals surface area contributed by atoms with Gasteiger partial charge in [-0.15, -0.1) is 0 Å². The number of carbonyl (C=O) groups is 2. The van der Waals surface area contributed by atoms with Gasteiger partial charge in [-0.3, -0.25) is 19.3 Å². The van der Waals surface area contributed by atoms with E-state index in [4.69, 9.17) is 0 Å². The van der Waals surface area contributed by atoms with Crippen molar-refractivity contribution in [3.63, 3.8) is 0 Å². The van der Waals surface area contributed by atoms with E-state index in [-0.39, 0.29) is 55.1 Å². The van der Waals surface area contributed by atoms with Crippen LogP contribution in [-0.4, -0.2) is 52.3 Å². The highest BCUT2D eigenvalue weighted by Crippen LogP contribution is 2.36. The van der Waals surface area contributed by atoms with Crippen LogP contribution in [-0.2, 0) is 28.6 Å². The number of benzene rings is 2. The Bertz CT molecular complexity index is 1840. The number of carboxylic acids is 1. The third-order valence-corrected chi connectivity index (χ3v) is 10.1. The van der Waals surface area contributed by atoms with Crippen LogP contribution >= 0.6 is 0 Å². The van der Waals surface area contributed by atoms with Gasteiger partial charge < -0.3 is 15.0 Å². The lowest BCUT2D eigenvalue weighted by atomic mass is 9.87. The van der Waals surface area contributed by atoms with Gasteiger partial charge in [0.2, 0.25) is 5.91 Å². The third-order valence-electron chi connectivity index (χ3n) is 10.1. The molecule has 0 radical (unpaired) electrons. The number of carbonyl (C=O) groups excluding carboxylic acids is 1. The average molecular weight is 720 g/mol. The van der Waals surface area contributed by atoms with Crippen LogP contribution in [0.1, 0.15) is 90.9 Å². The molecule has 51 heavy (non-hydrogen) atoms. The van der Waals surface area contributed by atoms with Crippen molar-refractivity contribution in [1.82, 2.24) is 14.8 Å². The maximum absolute atomic E-state index is 15.9. The summed E-state index contributed by atoms with van der Waals surface area (Å²) in [7, 11) is 0. The number of fused-ring (bicyclic) bond motifs is 4. The molecule has 3 aromatic rings. The fourth-order valence-corrected chi connectivity index (χ4v) is 7.36. The topological polar surface area (TPSA) is 91.6 Å². The molecule has 1 amide bonds. The second-order valence-electron chi connectivity index (χ2n) is 14.1. The molecule has 1 aromatic heterocycles. The zero-order valence-corrected chi connectivity index (χ0v) is 28.9. The number of rotatable bonds is 6. The largest absolute Gasteiger partial charge is 0.481 e. The first-order valence-electron chi connectivity index (χ1n) is 17.3.